The molecule has 3 aromatic rings. The van der Waals surface area contributed by atoms with Crippen molar-refractivity contribution in [2.45, 2.75) is 64.0 Å². The summed E-state index contributed by atoms with van der Waals surface area (Å²) >= 11 is 0. The number of benzene rings is 2. The van der Waals surface area contributed by atoms with E-state index in [2.05, 4.69) is 80.6 Å². The Balaban J connectivity index is 1.61. The van der Waals surface area contributed by atoms with Gasteiger partial charge in [0.1, 0.15) is 6.04 Å². The second kappa shape index (κ2) is 7.97. The van der Waals surface area contributed by atoms with E-state index >= 15 is 0 Å². The minimum atomic E-state index is 0.0361. The van der Waals surface area contributed by atoms with Crippen molar-refractivity contribution in [1.29, 1.82) is 0 Å². The Labute approximate surface area is 172 Å². The highest BCUT2D eigenvalue weighted by molar-refractivity contribution is 5.58. The van der Waals surface area contributed by atoms with E-state index < -0.39 is 0 Å². The summed E-state index contributed by atoms with van der Waals surface area (Å²) in [4.78, 5) is 2.52. The van der Waals surface area contributed by atoms with Crippen molar-refractivity contribution in [1.82, 2.24) is 20.2 Å². The Hall–Kier alpha value is -2.69. The molecule has 1 unspecified atom stereocenters. The molecule has 2 aromatic carbocycles. The van der Waals surface area contributed by atoms with E-state index in [1.54, 1.807) is 0 Å². The number of hydrogen-bond acceptors (Lipinski definition) is 4. The van der Waals surface area contributed by atoms with Crippen LogP contribution in [0.2, 0.25) is 0 Å². The molecule has 150 valence electrons. The lowest BCUT2D eigenvalue weighted by atomic mass is 9.94. The van der Waals surface area contributed by atoms with Crippen molar-refractivity contribution in [2.75, 3.05) is 11.4 Å². The number of nitrogens with zero attached hydrogens (tertiary/aromatic N) is 5. The van der Waals surface area contributed by atoms with E-state index in [1.807, 2.05) is 0 Å². The molecule has 0 saturated heterocycles. The van der Waals surface area contributed by atoms with Gasteiger partial charge in [-0.2, -0.15) is 0 Å². The monoisotopic (exact) mass is 387 g/mol. The van der Waals surface area contributed by atoms with Crippen LogP contribution in [0.3, 0.4) is 0 Å². The van der Waals surface area contributed by atoms with Gasteiger partial charge in [0.05, 0.1) is 6.04 Å². The van der Waals surface area contributed by atoms with E-state index in [-0.39, 0.29) is 6.04 Å². The van der Waals surface area contributed by atoms with Gasteiger partial charge in [-0.15, -0.1) is 5.10 Å². The molecule has 1 fully saturated rings. The molecule has 0 spiro atoms. The third-order valence-electron chi connectivity index (χ3n) is 6.53. The standard InChI is InChI=1S/C24H29N5/c1-18-13-15-20(16-14-18)23(28-17-7-9-19-8-5-6-12-22(19)28)24-25-26-27-29(24)21-10-3-2-4-11-21/h5-6,8,12-16,21,23H,2-4,7,9-11,17H2,1H3. The highest BCUT2D eigenvalue weighted by Gasteiger charge is 2.33. The molecule has 1 aliphatic carbocycles. The SMILES string of the molecule is Cc1ccc(C(c2nnnn2C2CCCCC2)N2CCCc3ccccc32)cc1. The van der Waals surface area contributed by atoms with E-state index in [4.69, 9.17) is 0 Å². The molecule has 5 nitrogen and oxygen atoms in total. The summed E-state index contributed by atoms with van der Waals surface area (Å²) in [5.41, 5.74) is 5.28. The molecule has 5 rings (SSSR count). The fourth-order valence-electron chi connectivity index (χ4n) is 5.01. The zero-order chi connectivity index (χ0) is 19.6. The third kappa shape index (κ3) is 3.54. The summed E-state index contributed by atoms with van der Waals surface area (Å²) in [6, 6.07) is 18.2. The minimum absolute atomic E-state index is 0.0361. The first-order valence-electron chi connectivity index (χ1n) is 11.0. The van der Waals surface area contributed by atoms with Crippen molar-refractivity contribution in [3.05, 3.63) is 71.0 Å². The van der Waals surface area contributed by atoms with Crippen LogP contribution in [0, 0.1) is 6.92 Å². The summed E-state index contributed by atoms with van der Waals surface area (Å²) in [6.45, 7) is 3.16. The Morgan fingerprint density at radius 2 is 1.72 bits per heavy atom. The maximum atomic E-state index is 4.60. The fourth-order valence-corrected chi connectivity index (χ4v) is 5.01. The van der Waals surface area contributed by atoms with Gasteiger partial charge in [0.2, 0.25) is 0 Å². The second-order valence-electron chi connectivity index (χ2n) is 8.51. The molecule has 1 aromatic heterocycles. The molecule has 1 atom stereocenters. The lowest BCUT2D eigenvalue weighted by Gasteiger charge is -2.38. The number of para-hydroxylation sites is 1. The topological polar surface area (TPSA) is 46.8 Å². The lowest BCUT2D eigenvalue weighted by molar-refractivity contribution is 0.313. The number of tetrazole rings is 1. The van der Waals surface area contributed by atoms with Gasteiger partial charge in [0.15, 0.2) is 5.82 Å². The molecule has 2 heterocycles. The molecule has 0 radical (unpaired) electrons. The number of anilines is 1. The largest absolute Gasteiger partial charge is 0.357 e. The average Bonchev–Trinajstić information content (AvgIpc) is 3.25. The van der Waals surface area contributed by atoms with E-state index in [1.165, 1.54) is 54.5 Å². The molecule has 1 saturated carbocycles. The first-order valence-corrected chi connectivity index (χ1v) is 11.0. The Morgan fingerprint density at radius 3 is 2.55 bits per heavy atom. The van der Waals surface area contributed by atoms with Crippen molar-refractivity contribution in [3.63, 3.8) is 0 Å². The Bertz CT molecular complexity index is 955. The second-order valence-corrected chi connectivity index (χ2v) is 8.51. The number of aromatic nitrogens is 4. The zero-order valence-corrected chi connectivity index (χ0v) is 17.2. The van der Waals surface area contributed by atoms with Gasteiger partial charge in [-0.05, 0) is 60.2 Å². The van der Waals surface area contributed by atoms with Gasteiger partial charge in [-0.1, -0.05) is 67.3 Å². The smallest absolute Gasteiger partial charge is 0.178 e. The summed E-state index contributed by atoms with van der Waals surface area (Å²) in [5, 5.41) is 13.2. The van der Waals surface area contributed by atoms with Gasteiger partial charge < -0.3 is 4.90 Å². The molecule has 1 aliphatic heterocycles. The van der Waals surface area contributed by atoms with Crippen molar-refractivity contribution >= 4 is 5.69 Å². The van der Waals surface area contributed by atoms with Crippen LogP contribution in [0.15, 0.2) is 48.5 Å². The summed E-state index contributed by atoms with van der Waals surface area (Å²) in [6.07, 6.45) is 8.52. The van der Waals surface area contributed by atoms with Crippen LogP contribution >= 0.6 is 0 Å². The molecule has 0 N–H and O–H groups in total. The molecule has 29 heavy (non-hydrogen) atoms. The zero-order valence-electron chi connectivity index (χ0n) is 17.2. The predicted octanol–water partition coefficient (Wildman–Crippen LogP) is 5.03. The van der Waals surface area contributed by atoms with Gasteiger partial charge in [0.25, 0.3) is 0 Å². The van der Waals surface area contributed by atoms with Gasteiger partial charge in [-0.3, -0.25) is 0 Å². The van der Waals surface area contributed by atoms with E-state index in [0.29, 0.717) is 6.04 Å². The van der Waals surface area contributed by atoms with Crippen LogP contribution in [-0.4, -0.2) is 26.8 Å². The van der Waals surface area contributed by atoms with Crippen molar-refractivity contribution in [3.8, 4) is 0 Å². The quantitative estimate of drug-likeness (QED) is 0.630. The average molecular weight is 388 g/mol. The van der Waals surface area contributed by atoms with Gasteiger partial charge >= 0.3 is 0 Å². The van der Waals surface area contributed by atoms with E-state index in [0.717, 1.165) is 25.2 Å². The highest BCUT2D eigenvalue weighted by Crippen LogP contribution is 2.38. The van der Waals surface area contributed by atoms with Crippen LogP contribution < -0.4 is 4.90 Å². The molecule has 2 aliphatic rings. The van der Waals surface area contributed by atoms with Crippen molar-refractivity contribution in [2.24, 2.45) is 0 Å². The lowest BCUT2D eigenvalue weighted by Crippen LogP contribution is -2.36. The van der Waals surface area contributed by atoms with Crippen LogP contribution in [0.1, 0.15) is 73.1 Å². The maximum absolute atomic E-state index is 4.60. The summed E-state index contributed by atoms with van der Waals surface area (Å²) < 4.78 is 2.14. The molecule has 0 bridgehead atoms. The first-order chi connectivity index (χ1) is 14.3. The Morgan fingerprint density at radius 1 is 0.931 bits per heavy atom. The third-order valence-corrected chi connectivity index (χ3v) is 6.53. The van der Waals surface area contributed by atoms with Gasteiger partial charge in [-0.25, -0.2) is 4.68 Å². The minimum Gasteiger partial charge on any atom is -0.357 e. The van der Waals surface area contributed by atoms with Gasteiger partial charge in [0, 0.05) is 12.2 Å². The number of fused-ring (bicyclic) bond motifs is 1. The highest BCUT2D eigenvalue weighted by atomic mass is 15.6. The number of rotatable bonds is 4. The van der Waals surface area contributed by atoms with E-state index in [9.17, 15) is 0 Å². The summed E-state index contributed by atoms with van der Waals surface area (Å²) in [5.74, 6) is 0.984. The predicted molar refractivity (Wildman–Crippen MR) is 115 cm³/mol. The van der Waals surface area contributed by atoms with Crippen LogP contribution in [-0.2, 0) is 6.42 Å². The molecule has 0 amide bonds. The van der Waals surface area contributed by atoms with Crippen LogP contribution in [0.25, 0.3) is 0 Å². The molecular formula is C24H29N5. The molecular weight excluding hydrogens is 358 g/mol. The number of hydrogen-bond donors (Lipinski definition) is 0. The summed E-state index contributed by atoms with van der Waals surface area (Å²) in [7, 11) is 0. The van der Waals surface area contributed by atoms with Crippen LogP contribution in [0.5, 0.6) is 0 Å². The first kappa shape index (κ1) is 18.3. The molecule has 5 heteroatoms. The van der Waals surface area contributed by atoms with Crippen molar-refractivity contribution < 1.29 is 0 Å². The number of aryl methyl sites for hydroxylation is 2. The Kier molecular flexibility index (Phi) is 5.04. The maximum Gasteiger partial charge on any atom is 0.178 e. The fraction of sp³-hybridized carbons (Fsp3) is 0.458. The van der Waals surface area contributed by atoms with Crippen LogP contribution in [0.4, 0.5) is 5.69 Å². The normalized spacial score (nSPS) is 18.4.